The molecular weight excluding hydrogens is 379 g/mol. The Morgan fingerprint density at radius 1 is 1.20 bits per heavy atom. The van der Waals surface area contributed by atoms with Gasteiger partial charge in [-0.3, -0.25) is 4.79 Å². The maximum absolute atomic E-state index is 12.5. The van der Waals surface area contributed by atoms with Crippen LogP contribution in [0.5, 0.6) is 0 Å². The molecule has 1 aliphatic carbocycles. The number of hydrogen-bond acceptors (Lipinski definition) is 1. The van der Waals surface area contributed by atoms with Crippen molar-refractivity contribution in [3.05, 3.63) is 62.6 Å². The van der Waals surface area contributed by atoms with E-state index in [2.05, 4.69) is 36.6 Å². The van der Waals surface area contributed by atoms with Crippen molar-refractivity contribution in [3.63, 3.8) is 0 Å². The highest BCUT2D eigenvalue weighted by atomic mass is 35.5. The zero-order valence-corrected chi connectivity index (χ0v) is 16.2. The van der Waals surface area contributed by atoms with Gasteiger partial charge in [-0.05, 0) is 30.5 Å². The van der Waals surface area contributed by atoms with E-state index in [1.165, 1.54) is 11.1 Å². The predicted octanol–water partition coefficient (Wildman–Crippen LogP) is 4.18. The lowest BCUT2D eigenvalue weighted by Gasteiger charge is -2.30. The van der Waals surface area contributed by atoms with Crippen LogP contribution in [0.2, 0.25) is 15.1 Å². The maximum atomic E-state index is 12.5. The van der Waals surface area contributed by atoms with Crippen LogP contribution in [-0.4, -0.2) is 19.5 Å². The van der Waals surface area contributed by atoms with Crippen molar-refractivity contribution in [3.8, 4) is 0 Å². The summed E-state index contributed by atoms with van der Waals surface area (Å²) in [6, 6.07) is 12.0. The summed E-state index contributed by atoms with van der Waals surface area (Å²) in [5, 5.41) is 3.94. The number of fused-ring (bicyclic) bond motifs is 1. The average molecular weight is 399 g/mol. The topological polar surface area (TPSA) is 33.5 Å². The Hall–Kier alpha value is -1.26. The Bertz CT molecular complexity index is 771. The Balaban J connectivity index is 1.70. The van der Waals surface area contributed by atoms with E-state index in [0.29, 0.717) is 33.3 Å². The fourth-order valence-corrected chi connectivity index (χ4v) is 4.40. The number of likely N-dealkylation sites (N-methyl/N-ethyl adjacent to an activating group) is 1. The van der Waals surface area contributed by atoms with E-state index in [-0.39, 0.29) is 5.91 Å². The minimum atomic E-state index is -0.119. The first-order chi connectivity index (χ1) is 12.0. The number of aryl methyl sites for hydroxylation is 1. The van der Waals surface area contributed by atoms with Gasteiger partial charge in [0.05, 0.1) is 22.8 Å². The number of carbonyl (C=O) groups excluding carboxylic acids is 1. The van der Waals surface area contributed by atoms with E-state index in [0.717, 1.165) is 24.2 Å². The van der Waals surface area contributed by atoms with Gasteiger partial charge in [-0.25, -0.2) is 0 Å². The fourth-order valence-electron chi connectivity index (χ4n) is 3.49. The van der Waals surface area contributed by atoms with Crippen LogP contribution in [-0.2, 0) is 11.2 Å². The molecule has 0 saturated heterocycles. The van der Waals surface area contributed by atoms with Crippen molar-refractivity contribution in [1.29, 1.82) is 0 Å². The highest BCUT2D eigenvalue weighted by molar-refractivity contribution is 6.42. The molecule has 0 radical (unpaired) electrons. The summed E-state index contributed by atoms with van der Waals surface area (Å²) in [5.41, 5.74) is 3.15. The molecule has 3 rings (SSSR count). The van der Waals surface area contributed by atoms with Gasteiger partial charge in [-0.2, -0.15) is 0 Å². The van der Waals surface area contributed by atoms with Crippen molar-refractivity contribution in [1.82, 2.24) is 0 Å². The molecule has 2 N–H and O–H groups in total. The van der Waals surface area contributed by atoms with Crippen LogP contribution in [0.15, 0.2) is 36.4 Å². The third-order valence-electron chi connectivity index (χ3n) is 4.67. The molecule has 2 aromatic carbocycles. The van der Waals surface area contributed by atoms with Gasteiger partial charge in [-0.1, -0.05) is 59.1 Å². The Morgan fingerprint density at radius 3 is 2.60 bits per heavy atom. The number of amides is 1. The molecule has 0 heterocycles. The van der Waals surface area contributed by atoms with Crippen LogP contribution in [0.25, 0.3) is 0 Å². The molecule has 2 aromatic rings. The van der Waals surface area contributed by atoms with Crippen LogP contribution in [0.4, 0.5) is 5.69 Å². The van der Waals surface area contributed by atoms with E-state index in [1.807, 2.05) is 0 Å². The molecule has 0 aromatic heterocycles. The zero-order chi connectivity index (χ0) is 18.0. The average Bonchev–Trinajstić information content (AvgIpc) is 2.57. The number of hydrogen-bond donors (Lipinski definition) is 2. The molecule has 0 bridgehead atoms. The second-order valence-corrected chi connectivity index (χ2v) is 7.71. The van der Waals surface area contributed by atoms with E-state index in [4.69, 9.17) is 34.8 Å². The van der Waals surface area contributed by atoms with Crippen molar-refractivity contribution in [2.45, 2.75) is 25.3 Å². The molecule has 0 saturated carbocycles. The molecule has 25 heavy (non-hydrogen) atoms. The van der Waals surface area contributed by atoms with Crippen LogP contribution < -0.4 is 10.2 Å². The van der Waals surface area contributed by atoms with Gasteiger partial charge in [-0.15, -0.1) is 0 Å². The number of anilines is 1. The third-order valence-corrected chi connectivity index (χ3v) is 5.49. The quantitative estimate of drug-likeness (QED) is 0.796. The highest BCUT2D eigenvalue weighted by Gasteiger charge is 2.28. The van der Waals surface area contributed by atoms with Gasteiger partial charge in [0.15, 0.2) is 6.54 Å². The molecule has 1 unspecified atom stereocenters. The molecule has 1 aliphatic rings. The Morgan fingerprint density at radius 2 is 1.88 bits per heavy atom. The number of halogens is 3. The number of rotatable bonds is 4. The second-order valence-electron chi connectivity index (χ2n) is 6.46. The lowest BCUT2D eigenvalue weighted by atomic mass is 9.87. The molecule has 132 valence electrons. The highest BCUT2D eigenvalue weighted by Crippen LogP contribution is 2.33. The van der Waals surface area contributed by atoms with Gasteiger partial charge in [0.25, 0.3) is 5.91 Å². The van der Waals surface area contributed by atoms with Crippen LogP contribution in [0.3, 0.4) is 0 Å². The summed E-state index contributed by atoms with van der Waals surface area (Å²) in [6.45, 7) is 0.342. The standard InChI is InChI=1S/C19H19Cl3N2O/c1-24(17-8-4-6-12-5-2-3-7-14(12)17)11-18(25)23-19-15(21)9-13(20)10-16(19)22/h2-3,5,7,9-10,17H,4,6,8,11H2,1H3,(H,23,25)/p+1/t17-/m0/s1. The van der Waals surface area contributed by atoms with Crippen LogP contribution in [0, 0.1) is 0 Å². The molecule has 2 atom stereocenters. The summed E-state index contributed by atoms with van der Waals surface area (Å²) < 4.78 is 0. The maximum Gasteiger partial charge on any atom is 0.279 e. The monoisotopic (exact) mass is 397 g/mol. The van der Waals surface area contributed by atoms with Gasteiger partial charge >= 0.3 is 0 Å². The minimum absolute atomic E-state index is 0.119. The molecule has 0 aliphatic heterocycles. The smallest absolute Gasteiger partial charge is 0.279 e. The summed E-state index contributed by atoms with van der Waals surface area (Å²) in [4.78, 5) is 13.6. The second kappa shape index (κ2) is 7.96. The summed E-state index contributed by atoms with van der Waals surface area (Å²) in [7, 11) is 2.05. The van der Waals surface area contributed by atoms with Gasteiger partial charge < -0.3 is 10.2 Å². The largest absolute Gasteiger partial charge is 0.323 e. The summed E-state index contributed by atoms with van der Waals surface area (Å²) in [6.07, 6.45) is 3.34. The number of benzene rings is 2. The van der Waals surface area contributed by atoms with Crippen molar-refractivity contribution >= 4 is 46.4 Å². The number of carbonyl (C=O) groups is 1. The summed E-state index contributed by atoms with van der Waals surface area (Å²) >= 11 is 18.2. The SMILES string of the molecule is C[NH+](CC(=O)Nc1c(Cl)cc(Cl)cc1Cl)[C@H]1CCCc2ccccc21. The molecule has 0 fully saturated rings. The molecular formula is C19H20Cl3N2O+. The number of nitrogens with one attached hydrogen (secondary N) is 2. The first-order valence-electron chi connectivity index (χ1n) is 8.30. The Labute approximate surface area is 162 Å². The van der Waals surface area contributed by atoms with Crippen LogP contribution in [0.1, 0.15) is 30.0 Å². The zero-order valence-electron chi connectivity index (χ0n) is 13.9. The van der Waals surface area contributed by atoms with E-state index >= 15 is 0 Å². The molecule has 1 amide bonds. The van der Waals surface area contributed by atoms with E-state index in [1.54, 1.807) is 12.1 Å². The van der Waals surface area contributed by atoms with Crippen molar-refractivity contribution < 1.29 is 9.69 Å². The van der Waals surface area contributed by atoms with Crippen LogP contribution >= 0.6 is 34.8 Å². The lowest BCUT2D eigenvalue weighted by Crippen LogP contribution is -3.10. The number of quaternary nitrogens is 1. The fraction of sp³-hybridized carbons (Fsp3) is 0.316. The molecule has 3 nitrogen and oxygen atoms in total. The first kappa shape index (κ1) is 18.5. The van der Waals surface area contributed by atoms with E-state index < -0.39 is 0 Å². The third kappa shape index (κ3) is 4.29. The van der Waals surface area contributed by atoms with Gasteiger partial charge in [0, 0.05) is 17.0 Å². The van der Waals surface area contributed by atoms with Gasteiger partial charge in [0.1, 0.15) is 6.04 Å². The Kier molecular flexibility index (Phi) is 5.90. The van der Waals surface area contributed by atoms with Gasteiger partial charge in [0.2, 0.25) is 0 Å². The summed E-state index contributed by atoms with van der Waals surface area (Å²) in [5.74, 6) is -0.119. The minimum Gasteiger partial charge on any atom is -0.323 e. The molecule has 0 spiro atoms. The molecule has 6 heteroatoms. The van der Waals surface area contributed by atoms with Crippen molar-refractivity contribution in [2.24, 2.45) is 0 Å². The predicted molar refractivity (Wildman–Crippen MR) is 104 cm³/mol. The lowest BCUT2D eigenvalue weighted by molar-refractivity contribution is -0.905. The normalized spacial score (nSPS) is 17.7. The van der Waals surface area contributed by atoms with E-state index in [9.17, 15) is 4.79 Å². The van der Waals surface area contributed by atoms with Crippen molar-refractivity contribution in [2.75, 3.05) is 18.9 Å². The first-order valence-corrected chi connectivity index (χ1v) is 9.43.